The van der Waals surface area contributed by atoms with E-state index in [0.29, 0.717) is 11.1 Å². The van der Waals surface area contributed by atoms with Crippen LogP contribution in [0.25, 0.3) is 0 Å². The molecule has 1 atom stereocenters. The minimum absolute atomic E-state index is 0.0177. The zero-order valence-corrected chi connectivity index (χ0v) is 13.0. The summed E-state index contributed by atoms with van der Waals surface area (Å²) in [6, 6.07) is 7.02. The minimum atomic E-state index is -0.503. The molecular weight excluding hydrogens is 359 g/mol. The van der Waals surface area contributed by atoms with Gasteiger partial charge in [-0.2, -0.15) is 0 Å². The largest absolute Gasteiger partial charge is 0.458 e. The van der Waals surface area contributed by atoms with Crippen LogP contribution in [-0.4, -0.2) is 24.6 Å². The van der Waals surface area contributed by atoms with E-state index in [1.165, 1.54) is 0 Å². The normalized spacial score (nSPS) is 11.5. The van der Waals surface area contributed by atoms with Gasteiger partial charge in [0.1, 0.15) is 12.7 Å². The van der Waals surface area contributed by atoms with Crippen molar-refractivity contribution in [3.8, 4) is 0 Å². The van der Waals surface area contributed by atoms with Crippen LogP contribution in [0.3, 0.4) is 0 Å². The van der Waals surface area contributed by atoms with E-state index in [1.807, 2.05) is 12.1 Å². The molecule has 0 aliphatic carbocycles. The first-order valence-corrected chi connectivity index (χ1v) is 6.77. The zero-order valence-electron chi connectivity index (χ0n) is 10.8. The third kappa shape index (κ3) is 5.42. The van der Waals surface area contributed by atoms with E-state index in [9.17, 15) is 9.59 Å². The van der Waals surface area contributed by atoms with Crippen LogP contribution in [0, 0.1) is 3.57 Å². The van der Waals surface area contributed by atoms with Crippen LogP contribution in [0.15, 0.2) is 36.4 Å². The highest BCUT2D eigenvalue weighted by molar-refractivity contribution is 14.1. The summed E-state index contributed by atoms with van der Waals surface area (Å²) in [6.45, 7) is 6.71. The van der Waals surface area contributed by atoms with Crippen molar-refractivity contribution in [1.29, 1.82) is 0 Å². The van der Waals surface area contributed by atoms with Gasteiger partial charge >= 0.3 is 11.9 Å². The molecule has 0 aromatic heterocycles. The van der Waals surface area contributed by atoms with Crippen molar-refractivity contribution in [2.75, 3.05) is 6.61 Å². The molecule has 0 aliphatic rings. The summed E-state index contributed by atoms with van der Waals surface area (Å²) in [4.78, 5) is 22.9. The van der Waals surface area contributed by atoms with Crippen molar-refractivity contribution >= 4 is 34.5 Å². The first-order valence-electron chi connectivity index (χ1n) is 5.69. The van der Waals surface area contributed by atoms with E-state index in [2.05, 4.69) is 29.2 Å². The summed E-state index contributed by atoms with van der Waals surface area (Å²) in [6.07, 6.45) is -0.503. The summed E-state index contributed by atoms with van der Waals surface area (Å²) in [5, 5.41) is 0. The molecule has 0 spiro atoms. The predicted octanol–water partition coefficient (Wildman–Crippen LogP) is 2.96. The molecule has 1 rings (SSSR count). The fourth-order valence-corrected chi connectivity index (χ4v) is 1.54. The van der Waals surface area contributed by atoms with Gasteiger partial charge < -0.3 is 9.47 Å². The fraction of sp³-hybridized carbons (Fsp3) is 0.286. The standard InChI is InChI=1S/C14H15IO4/c1-9(2)13(16)19-10(3)8-18-14(17)11-4-6-12(15)7-5-11/h4-7,10H,1,8H2,2-3H3. The molecule has 0 radical (unpaired) electrons. The lowest BCUT2D eigenvalue weighted by molar-refractivity contribution is -0.145. The molecule has 0 saturated carbocycles. The van der Waals surface area contributed by atoms with Gasteiger partial charge in [0.25, 0.3) is 0 Å². The maximum atomic E-state index is 11.7. The molecule has 0 heterocycles. The molecule has 19 heavy (non-hydrogen) atoms. The summed E-state index contributed by atoms with van der Waals surface area (Å²) in [7, 11) is 0. The van der Waals surface area contributed by atoms with Gasteiger partial charge in [0, 0.05) is 9.14 Å². The molecule has 0 saturated heterocycles. The highest BCUT2D eigenvalue weighted by Gasteiger charge is 2.13. The van der Waals surface area contributed by atoms with Crippen LogP contribution >= 0.6 is 22.6 Å². The first kappa shape index (κ1) is 15.7. The highest BCUT2D eigenvalue weighted by atomic mass is 127. The number of esters is 2. The van der Waals surface area contributed by atoms with E-state index in [0.717, 1.165) is 3.57 Å². The number of hydrogen-bond donors (Lipinski definition) is 0. The van der Waals surface area contributed by atoms with Crippen molar-refractivity contribution in [2.45, 2.75) is 20.0 Å². The van der Waals surface area contributed by atoms with Crippen LogP contribution < -0.4 is 0 Å². The average molecular weight is 374 g/mol. The van der Waals surface area contributed by atoms with Crippen LogP contribution in [0.4, 0.5) is 0 Å². The van der Waals surface area contributed by atoms with Gasteiger partial charge in [-0.15, -0.1) is 0 Å². The minimum Gasteiger partial charge on any atom is -0.458 e. The third-order valence-corrected chi connectivity index (χ3v) is 2.90. The van der Waals surface area contributed by atoms with Gasteiger partial charge in [-0.3, -0.25) is 0 Å². The SMILES string of the molecule is C=C(C)C(=O)OC(C)COC(=O)c1ccc(I)cc1. The Morgan fingerprint density at radius 2 is 1.89 bits per heavy atom. The second-order valence-corrected chi connectivity index (χ2v) is 5.35. The van der Waals surface area contributed by atoms with Crippen LogP contribution in [0.2, 0.25) is 0 Å². The number of carbonyl (C=O) groups is 2. The number of rotatable bonds is 5. The summed E-state index contributed by atoms with van der Waals surface area (Å²) in [5.41, 5.74) is 0.787. The second-order valence-electron chi connectivity index (χ2n) is 4.10. The van der Waals surface area contributed by atoms with Crippen molar-refractivity contribution < 1.29 is 19.1 Å². The van der Waals surface area contributed by atoms with E-state index in [-0.39, 0.29) is 6.61 Å². The number of benzene rings is 1. The molecule has 4 nitrogen and oxygen atoms in total. The maximum Gasteiger partial charge on any atom is 0.338 e. The predicted molar refractivity (Wildman–Crippen MR) is 79.8 cm³/mol. The molecule has 1 aromatic rings. The van der Waals surface area contributed by atoms with E-state index in [1.54, 1.807) is 26.0 Å². The van der Waals surface area contributed by atoms with Gasteiger partial charge in [-0.25, -0.2) is 9.59 Å². The Balaban J connectivity index is 2.44. The van der Waals surface area contributed by atoms with E-state index in [4.69, 9.17) is 9.47 Å². The Morgan fingerprint density at radius 1 is 1.32 bits per heavy atom. The molecule has 0 fully saturated rings. The third-order valence-electron chi connectivity index (χ3n) is 2.19. The number of halogens is 1. The lowest BCUT2D eigenvalue weighted by atomic mass is 10.2. The van der Waals surface area contributed by atoms with Crippen molar-refractivity contribution in [2.24, 2.45) is 0 Å². The molecule has 0 amide bonds. The van der Waals surface area contributed by atoms with Crippen LogP contribution in [0.1, 0.15) is 24.2 Å². The van der Waals surface area contributed by atoms with Gasteiger partial charge in [-0.1, -0.05) is 6.58 Å². The topological polar surface area (TPSA) is 52.6 Å². The number of ether oxygens (including phenoxy) is 2. The highest BCUT2D eigenvalue weighted by Crippen LogP contribution is 2.08. The summed E-state index contributed by atoms with van der Waals surface area (Å²) >= 11 is 2.15. The molecule has 0 bridgehead atoms. The van der Waals surface area contributed by atoms with E-state index < -0.39 is 18.0 Å². The Morgan fingerprint density at radius 3 is 2.42 bits per heavy atom. The average Bonchev–Trinajstić information content (AvgIpc) is 2.36. The Hall–Kier alpha value is -1.37. The van der Waals surface area contributed by atoms with Gasteiger partial charge in [-0.05, 0) is 60.7 Å². The zero-order chi connectivity index (χ0) is 14.4. The lowest BCUT2D eigenvalue weighted by Gasteiger charge is -2.13. The maximum absolute atomic E-state index is 11.7. The Labute approximate surface area is 125 Å². The number of hydrogen-bond acceptors (Lipinski definition) is 4. The van der Waals surface area contributed by atoms with Crippen molar-refractivity contribution in [1.82, 2.24) is 0 Å². The van der Waals surface area contributed by atoms with E-state index >= 15 is 0 Å². The van der Waals surface area contributed by atoms with Gasteiger partial charge in [0.15, 0.2) is 0 Å². The second kappa shape index (κ2) is 7.28. The molecule has 1 unspecified atom stereocenters. The van der Waals surface area contributed by atoms with Crippen molar-refractivity contribution in [3.63, 3.8) is 0 Å². The summed E-state index contributed by atoms with van der Waals surface area (Å²) < 4.78 is 11.1. The molecule has 102 valence electrons. The fourth-order valence-electron chi connectivity index (χ4n) is 1.18. The summed E-state index contributed by atoms with van der Waals surface area (Å²) in [5.74, 6) is -0.924. The quantitative estimate of drug-likeness (QED) is 0.452. The lowest BCUT2D eigenvalue weighted by Crippen LogP contribution is -2.22. The van der Waals surface area contributed by atoms with Crippen LogP contribution in [-0.2, 0) is 14.3 Å². The van der Waals surface area contributed by atoms with Crippen LogP contribution in [0.5, 0.6) is 0 Å². The van der Waals surface area contributed by atoms with Crippen molar-refractivity contribution in [3.05, 3.63) is 45.6 Å². The molecule has 0 aliphatic heterocycles. The molecular formula is C14H15IO4. The molecule has 0 N–H and O–H groups in total. The first-order chi connectivity index (χ1) is 8.90. The Kier molecular flexibility index (Phi) is 6.01. The van der Waals surface area contributed by atoms with Gasteiger partial charge in [0.2, 0.25) is 0 Å². The number of carbonyl (C=O) groups excluding carboxylic acids is 2. The Bertz CT molecular complexity index is 479. The van der Waals surface area contributed by atoms with Gasteiger partial charge in [0.05, 0.1) is 5.56 Å². The molecule has 1 aromatic carbocycles. The smallest absolute Gasteiger partial charge is 0.338 e. The molecule has 5 heteroatoms. The monoisotopic (exact) mass is 374 g/mol.